The van der Waals surface area contributed by atoms with E-state index in [1.807, 2.05) is 0 Å². The smallest absolute Gasteiger partial charge is 0.266 e. The number of hydrogen-bond donors (Lipinski definition) is 1. The lowest BCUT2D eigenvalue weighted by Gasteiger charge is -2.43. The van der Waals surface area contributed by atoms with E-state index >= 15 is 0 Å². The van der Waals surface area contributed by atoms with Crippen LogP contribution in [0.5, 0.6) is 0 Å². The summed E-state index contributed by atoms with van der Waals surface area (Å²) in [4.78, 5) is 6.65. The average molecular weight is 266 g/mol. The molecule has 0 unspecified atom stereocenters. The lowest BCUT2D eigenvalue weighted by Crippen LogP contribution is -2.55. The minimum Gasteiger partial charge on any atom is -0.372 e. The standard InChI is InChI=1S/C13H22N4O2/c1-10(2)11-15-12(16-19-11)17-6-3-13(4-7-17)9-14-5-8-18-13/h10,14H,3-9H2,1-2H3. The van der Waals surface area contributed by atoms with E-state index < -0.39 is 0 Å². The quantitative estimate of drug-likeness (QED) is 0.866. The van der Waals surface area contributed by atoms with Gasteiger partial charge < -0.3 is 19.5 Å². The maximum Gasteiger partial charge on any atom is 0.266 e. The van der Waals surface area contributed by atoms with Gasteiger partial charge in [-0.1, -0.05) is 13.8 Å². The minimum absolute atomic E-state index is 0.0271. The third-order valence-corrected chi connectivity index (χ3v) is 4.02. The van der Waals surface area contributed by atoms with Gasteiger partial charge in [0, 0.05) is 32.1 Å². The van der Waals surface area contributed by atoms with Crippen molar-refractivity contribution in [3.05, 3.63) is 5.89 Å². The van der Waals surface area contributed by atoms with Gasteiger partial charge in [-0.2, -0.15) is 4.98 Å². The highest BCUT2D eigenvalue weighted by atomic mass is 16.5. The Hall–Kier alpha value is -1.14. The molecule has 2 fully saturated rings. The van der Waals surface area contributed by atoms with Gasteiger partial charge >= 0.3 is 0 Å². The van der Waals surface area contributed by atoms with Crippen LogP contribution in [-0.2, 0) is 4.74 Å². The Morgan fingerprint density at radius 3 is 2.68 bits per heavy atom. The van der Waals surface area contributed by atoms with Gasteiger partial charge in [0.15, 0.2) is 0 Å². The highest BCUT2D eigenvalue weighted by Gasteiger charge is 2.37. The first-order valence-corrected chi connectivity index (χ1v) is 7.12. The third-order valence-electron chi connectivity index (χ3n) is 4.02. The fourth-order valence-corrected chi connectivity index (χ4v) is 2.73. The molecule has 6 heteroatoms. The van der Waals surface area contributed by atoms with E-state index in [1.165, 1.54) is 0 Å². The van der Waals surface area contributed by atoms with Crippen molar-refractivity contribution < 1.29 is 9.26 Å². The first kappa shape index (κ1) is 12.9. The fraction of sp³-hybridized carbons (Fsp3) is 0.846. The van der Waals surface area contributed by atoms with Gasteiger partial charge in [0.2, 0.25) is 5.89 Å². The second-order valence-corrected chi connectivity index (χ2v) is 5.78. The number of ether oxygens (including phenoxy) is 1. The van der Waals surface area contributed by atoms with E-state index in [2.05, 4.69) is 34.2 Å². The summed E-state index contributed by atoms with van der Waals surface area (Å²) < 4.78 is 11.3. The summed E-state index contributed by atoms with van der Waals surface area (Å²) in [5, 5.41) is 7.50. The number of piperidine rings is 1. The van der Waals surface area contributed by atoms with Crippen LogP contribution in [-0.4, -0.2) is 48.5 Å². The Kier molecular flexibility index (Phi) is 3.45. The predicted molar refractivity (Wildman–Crippen MR) is 71.4 cm³/mol. The summed E-state index contributed by atoms with van der Waals surface area (Å²) in [6.07, 6.45) is 2.04. The summed E-state index contributed by atoms with van der Waals surface area (Å²) in [5.74, 6) is 1.72. The van der Waals surface area contributed by atoms with Crippen LogP contribution in [0.3, 0.4) is 0 Å². The second kappa shape index (κ2) is 5.09. The van der Waals surface area contributed by atoms with Gasteiger partial charge in [-0.25, -0.2) is 0 Å². The van der Waals surface area contributed by atoms with Gasteiger partial charge in [0.25, 0.3) is 5.95 Å². The van der Waals surface area contributed by atoms with E-state index in [0.29, 0.717) is 5.89 Å². The molecular formula is C13H22N4O2. The molecule has 106 valence electrons. The normalized spacial score (nSPS) is 23.2. The third kappa shape index (κ3) is 2.60. The molecule has 0 radical (unpaired) electrons. The molecule has 0 saturated carbocycles. The predicted octanol–water partition coefficient (Wildman–Crippen LogP) is 1.15. The summed E-state index contributed by atoms with van der Waals surface area (Å²) in [5.41, 5.74) is 0.0271. The Labute approximate surface area is 113 Å². The zero-order valence-electron chi connectivity index (χ0n) is 11.7. The molecule has 1 aromatic heterocycles. The number of nitrogens with zero attached hydrogens (tertiary/aromatic N) is 3. The topological polar surface area (TPSA) is 63.4 Å². The van der Waals surface area contributed by atoms with Crippen molar-refractivity contribution in [3.63, 3.8) is 0 Å². The first-order chi connectivity index (χ1) is 9.19. The van der Waals surface area contributed by atoms with Crippen molar-refractivity contribution in [1.82, 2.24) is 15.5 Å². The first-order valence-electron chi connectivity index (χ1n) is 7.12. The SMILES string of the molecule is CC(C)c1nc(N2CCC3(CC2)CNCCO3)no1. The van der Waals surface area contributed by atoms with Crippen molar-refractivity contribution in [2.24, 2.45) is 0 Å². The van der Waals surface area contributed by atoms with Crippen LogP contribution in [0.2, 0.25) is 0 Å². The Balaban J connectivity index is 1.62. The fourth-order valence-electron chi connectivity index (χ4n) is 2.73. The van der Waals surface area contributed by atoms with E-state index in [4.69, 9.17) is 9.26 Å². The van der Waals surface area contributed by atoms with Gasteiger partial charge in [0.05, 0.1) is 12.2 Å². The molecule has 0 aliphatic carbocycles. The van der Waals surface area contributed by atoms with Crippen LogP contribution in [0, 0.1) is 0 Å². The Morgan fingerprint density at radius 2 is 2.11 bits per heavy atom. The van der Waals surface area contributed by atoms with Gasteiger partial charge in [0.1, 0.15) is 0 Å². The van der Waals surface area contributed by atoms with Crippen molar-refractivity contribution in [2.45, 2.75) is 38.2 Å². The molecule has 1 spiro atoms. The van der Waals surface area contributed by atoms with Crippen molar-refractivity contribution in [3.8, 4) is 0 Å². The highest BCUT2D eigenvalue weighted by molar-refractivity contribution is 5.29. The van der Waals surface area contributed by atoms with Crippen molar-refractivity contribution >= 4 is 5.95 Å². The number of nitrogens with one attached hydrogen (secondary N) is 1. The zero-order chi connectivity index (χ0) is 13.3. The number of hydrogen-bond acceptors (Lipinski definition) is 6. The molecule has 2 aliphatic heterocycles. The maximum absolute atomic E-state index is 5.98. The molecule has 0 aromatic carbocycles. The van der Waals surface area contributed by atoms with Crippen LogP contribution >= 0.6 is 0 Å². The monoisotopic (exact) mass is 266 g/mol. The molecule has 0 bridgehead atoms. The van der Waals surface area contributed by atoms with Gasteiger partial charge in [-0.05, 0) is 18.0 Å². The van der Waals surface area contributed by atoms with Crippen LogP contribution in [0.25, 0.3) is 0 Å². The molecular weight excluding hydrogens is 244 g/mol. The number of aromatic nitrogens is 2. The maximum atomic E-state index is 5.98. The van der Waals surface area contributed by atoms with Crippen molar-refractivity contribution in [2.75, 3.05) is 37.7 Å². The molecule has 19 heavy (non-hydrogen) atoms. The zero-order valence-corrected chi connectivity index (χ0v) is 11.7. The Bertz CT molecular complexity index is 416. The van der Waals surface area contributed by atoms with Gasteiger partial charge in [-0.3, -0.25) is 0 Å². The summed E-state index contributed by atoms with van der Waals surface area (Å²) in [6.45, 7) is 8.73. The van der Waals surface area contributed by atoms with Crippen LogP contribution in [0.1, 0.15) is 38.5 Å². The molecule has 2 saturated heterocycles. The molecule has 2 aliphatic rings. The lowest BCUT2D eigenvalue weighted by atomic mass is 9.90. The summed E-state index contributed by atoms with van der Waals surface area (Å²) in [6, 6.07) is 0. The highest BCUT2D eigenvalue weighted by Crippen LogP contribution is 2.29. The van der Waals surface area contributed by atoms with E-state index in [1.54, 1.807) is 0 Å². The average Bonchev–Trinajstić information content (AvgIpc) is 2.90. The number of rotatable bonds is 2. The van der Waals surface area contributed by atoms with Crippen LogP contribution < -0.4 is 10.2 Å². The largest absolute Gasteiger partial charge is 0.372 e. The second-order valence-electron chi connectivity index (χ2n) is 5.78. The lowest BCUT2D eigenvalue weighted by molar-refractivity contribution is -0.0801. The van der Waals surface area contributed by atoms with E-state index in [-0.39, 0.29) is 11.5 Å². The van der Waals surface area contributed by atoms with E-state index in [9.17, 15) is 0 Å². The Morgan fingerprint density at radius 1 is 1.32 bits per heavy atom. The molecule has 6 nitrogen and oxygen atoms in total. The number of anilines is 1. The van der Waals surface area contributed by atoms with Crippen LogP contribution in [0.15, 0.2) is 4.52 Å². The van der Waals surface area contributed by atoms with E-state index in [0.717, 1.165) is 51.6 Å². The summed E-state index contributed by atoms with van der Waals surface area (Å²) >= 11 is 0. The minimum atomic E-state index is 0.0271. The molecule has 0 atom stereocenters. The molecule has 1 N–H and O–H groups in total. The van der Waals surface area contributed by atoms with Crippen molar-refractivity contribution in [1.29, 1.82) is 0 Å². The van der Waals surface area contributed by atoms with Crippen LogP contribution in [0.4, 0.5) is 5.95 Å². The summed E-state index contributed by atoms with van der Waals surface area (Å²) in [7, 11) is 0. The molecule has 1 aromatic rings. The van der Waals surface area contributed by atoms with Gasteiger partial charge in [-0.15, -0.1) is 0 Å². The molecule has 3 heterocycles. The number of morpholine rings is 1. The molecule has 0 amide bonds. The molecule has 3 rings (SSSR count).